The Morgan fingerprint density at radius 1 is 1.05 bits per heavy atom. The summed E-state index contributed by atoms with van der Waals surface area (Å²) in [6, 6.07) is 7.57. The van der Waals surface area contributed by atoms with Crippen LogP contribution in [0.1, 0.15) is 33.1 Å². The Morgan fingerprint density at radius 3 is 2.18 bits per heavy atom. The van der Waals surface area contributed by atoms with Gasteiger partial charge in [0.2, 0.25) is 10.0 Å². The molecule has 0 amide bonds. The van der Waals surface area contributed by atoms with E-state index in [1.54, 1.807) is 20.1 Å². The van der Waals surface area contributed by atoms with Crippen LogP contribution >= 0.6 is 0 Å². The van der Waals surface area contributed by atoms with Crippen LogP contribution in [-0.2, 0) is 20.8 Å². The zero-order valence-electron chi connectivity index (χ0n) is 13.5. The van der Waals surface area contributed by atoms with Crippen molar-refractivity contribution in [1.82, 2.24) is 4.72 Å². The Morgan fingerprint density at radius 2 is 1.64 bits per heavy atom. The number of anilines is 1. The van der Waals surface area contributed by atoms with Gasteiger partial charge in [0, 0.05) is 40.7 Å². The van der Waals surface area contributed by atoms with Gasteiger partial charge in [0.25, 0.3) is 0 Å². The Balaban J connectivity index is 2.14. The van der Waals surface area contributed by atoms with Crippen molar-refractivity contribution in [3.63, 3.8) is 0 Å². The molecule has 0 saturated heterocycles. The molecule has 7 heteroatoms. The highest BCUT2D eigenvalue weighted by atomic mass is 32.2. The van der Waals surface area contributed by atoms with Crippen molar-refractivity contribution in [2.75, 3.05) is 24.7 Å². The van der Waals surface area contributed by atoms with Gasteiger partial charge in [-0.2, -0.15) is 0 Å². The first kappa shape index (κ1) is 19.1. The summed E-state index contributed by atoms with van der Waals surface area (Å²) < 4.78 is 36.9. The molecule has 22 heavy (non-hydrogen) atoms. The van der Waals surface area contributed by atoms with Gasteiger partial charge in [-0.1, -0.05) is 6.42 Å². The zero-order valence-corrected chi connectivity index (χ0v) is 15.1. The maximum Gasteiger partial charge on any atom is 0.213 e. The molecule has 1 aromatic carbocycles. The van der Waals surface area contributed by atoms with Crippen molar-refractivity contribution in [2.24, 2.45) is 0 Å². The van der Waals surface area contributed by atoms with Gasteiger partial charge in [-0.05, 0) is 51.0 Å². The lowest BCUT2D eigenvalue weighted by Crippen LogP contribution is -2.31. The Hall–Kier alpha value is -0.920. The predicted octanol–water partition coefficient (Wildman–Crippen LogP) is 2.33. The molecule has 1 unspecified atom stereocenters. The van der Waals surface area contributed by atoms with Crippen LogP contribution in [0.4, 0.5) is 5.69 Å². The van der Waals surface area contributed by atoms with E-state index in [0.29, 0.717) is 6.54 Å². The van der Waals surface area contributed by atoms with Crippen LogP contribution in [0.2, 0.25) is 0 Å². The van der Waals surface area contributed by atoms with E-state index < -0.39 is 20.8 Å². The van der Waals surface area contributed by atoms with Gasteiger partial charge in [0.1, 0.15) is 0 Å². The van der Waals surface area contributed by atoms with E-state index in [0.717, 1.165) is 36.4 Å². The lowest BCUT2D eigenvalue weighted by molar-refractivity contribution is 0.566. The number of benzene rings is 1. The first-order chi connectivity index (χ1) is 10.3. The van der Waals surface area contributed by atoms with Crippen molar-refractivity contribution in [3.8, 4) is 0 Å². The second kappa shape index (κ2) is 9.27. The molecule has 0 aliphatic heterocycles. The van der Waals surface area contributed by atoms with E-state index in [1.807, 2.05) is 24.3 Å². The maximum absolute atomic E-state index is 11.5. The number of hydrogen-bond acceptors (Lipinski definition) is 4. The highest BCUT2D eigenvalue weighted by Gasteiger charge is 2.13. The van der Waals surface area contributed by atoms with Gasteiger partial charge in [-0.15, -0.1) is 0 Å². The average Bonchev–Trinajstić information content (AvgIpc) is 2.46. The molecular weight excluding hydrogens is 320 g/mol. The summed E-state index contributed by atoms with van der Waals surface area (Å²) in [7, 11) is -4.08. The molecule has 126 valence electrons. The first-order valence-electron chi connectivity index (χ1n) is 7.49. The minimum atomic E-state index is -3.14. The molecule has 0 fully saturated rings. The molecule has 0 heterocycles. The Bertz CT molecular complexity index is 569. The molecule has 1 aromatic rings. The van der Waals surface area contributed by atoms with E-state index in [-0.39, 0.29) is 5.25 Å². The van der Waals surface area contributed by atoms with Gasteiger partial charge in [0.05, 0.1) is 5.25 Å². The Labute approximate surface area is 136 Å². The second-order valence-electron chi connectivity index (χ2n) is 5.45. The fraction of sp³-hybridized carbons (Fsp3) is 0.600. The lowest BCUT2D eigenvalue weighted by atomic mass is 10.2. The van der Waals surface area contributed by atoms with Crippen molar-refractivity contribution < 1.29 is 12.6 Å². The molecule has 5 nitrogen and oxygen atoms in total. The van der Waals surface area contributed by atoms with Gasteiger partial charge < -0.3 is 5.32 Å². The predicted molar refractivity (Wildman–Crippen MR) is 93.2 cm³/mol. The highest BCUT2D eigenvalue weighted by molar-refractivity contribution is 7.90. The summed E-state index contributed by atoms with van der Waals surface area (Å²) >= 11 is 0. The Kier molecular flexibility index (Phi) is 8.06. The zero-order chi connectivity index (χ0) is 16.6. The minimum absolute atomic E-state index is 0.380. The van der Waals surface area contributed by atoms with Crippen molar-refractivity contribution in [1.29, 1.82) is 0 Å². The molecule has 0 spiro atoms. The number of sulfonamides is 1. The van der Waals surface area contributed by atoms with Crippen molar-refractivity contribution in [3.05, 3.63) is 24.3 Å². The molecule has 0 aliphatic carbocycles. The van der Waals surface area contributed by atoms with Crippen LogP contribution in [0.3, 0.4) is 0 Å². The molecule has 2 N–H and O–H groups in total. The minimum Gasteiger partial charge on any atom is -0.385 e. The molecular formula is C15H26N2O3S2. The average molecular weight is 347 g/mol. The summed E-state index contributed by atoms with van der Waals surface area (Å²) in [6.45, 7) is 4.68. The van der Waals surface area contributed by atoms with E-state index in [1.165, 1.54) is 0 Å². The third-order valence-electron chi connectivity index (χ3n) is 3.29. The smallest absolute Gasteiger partial charge is 0.213 e. The van der Waals surface area contributed by atoms with E-state index in [2.05, 4.69) is 10.0 Å². The first-order valence-corrected chi connectivity index (χ1v) is 10.6. The van der Waals surface area contributed by atoms with Crippen LogP contribution in [0.15, 0.2) is 29.2 Å². The monoisotopic (exact) mass is 346 g/mol. The molecule has 0 aromatic heterocycles. The molecule has 1 rings (SSSR count). The third kappa shape index (κ3) is 6.89. The number of rotatable bonds is 10. The summed E-state index contributed by atoms with van der Waals surface area (Å²) in [5.41, 5.74) is 1.01. The topological polar surface area (TPSA) is 75.3 Å². The highest BCUT2D eigenvalue weighted by Crippen LogP contribution is 2.12. The van der Waals surface area contributed by atoms with Gasteiger partial charge in [-0.25, -0.2) is 13.1 Å². The maximum atomic E-state index is 11.5. The van der Waals surface area contributed by atoms with Crippen LogP contribution in [0, 0.1) is 0 Å². The summed E-state index contributed by atoms with van der Waals surface area (Å²) in [4.78, 5) is 0.822. The van der Waals surface area contributed by atoms with Gasteiger partial charge >= 0.3 is 0 Å². The quantitative estimate of drug-likeness (QED) is 0.638. The summed E-state index contributed by atoms with van der Waals surface area (Å²) in [5, 5.41) is 2.92. The summed E-state index contributed by atoms with van der Waals surface area (Å²) in [6.07, 6.45) is 4.44. The third-order valence-corrected chi connectivity index (χ3v) is 6.08. The second-order valence-corrected chi connectivity index (χ2v) is 9.16. The van der Waals surface area contributed by atoms with Crippen LogP contribution < -0.4 is 10.0 Å². The van der Waals surface area contributed by atoms with E-state index >= 15 is 0 Å². The largest absolute Gasteiger partial charge is 0.385 e. The van der Waals surface area contributed by atoms with Gasteiger partial charge in [-0.3, -0.25) is 4.21 Å². The van der Waals surface area contributed by atoms with E-state index in [4.69, 9.17) is 0 Å². The number of nitrogens with one attached hydrogen (secondary N) is 2. The normalized spacial score (nSPS) is 13.3. The van der Waals surface area contributed by atoms with E-state index in [9.17, 15) is 12.6 Å². The lowest BCUT2D eigenvalue weighted by Gasteiger charge is -2.09. The van der Waals surface area contributed by atoms with Crippen molar-refractivity contribution in [2.45, 2.75) is 43.3 Å². The SMILES string of the molecule is CC(C)S(=O)(=O)NCCCCCNc1ccc(S(C)=O)cc1. The molecule has 1 atom stereocenters. The standard InChI is InChI=1S/C15H26N2O3S2/c1-13(2)22(19,20)17-12-6-4-5-11-16-14-7-9-15(10-8-14)21(3)18/h7-10,13,16-17H,4-6,11-12H2,1-3H3. The fourth-order valence-electron chi connectivity index (χ4n) is 1.81. The molecule has 0 radical (unpaired) electrons. The number of hydrogen-bond donors (Lipinski definition) is 2. The fourth-order valence-corrected chi connectivity index (χ4v) is 3.09. The van der Waals surface area contributed by atoms with Crippen LogP contribution in [0.25, 0.3) is 0 Å². The number of unbranched alkanes of at least 4 members (excludes halogenated alkanes) is 2. The molecule has 0 aliphatic rings. The molecule has 0 saturated carbocycles. The molecule has 0 bridgehead atoms. The summed E-state index contributed by atoms with van der Waals surface area (Å²) in [5.74, 6) is 0. The van der Waals surface area contributed by atoms with Crippen molar-refractivity contribution >= 4 is 26.5 Å². The van der Waals surface area contributed by atoms with Crippen LogP contribution in [0.5, 0.6) is 0 Å². The van der Waals surface area contributed by atoms with Gasteiger partial charge in [0.15, 0.2) is 0 Å². The van der Waals surface area contributed by atoms with Crippen LogP contribution in [-0.4, -0.2) is 37.2 Å².